The van der Waals surface area contributed by atoms with Gasteiger partial charge in [-0.25, -0.2) is 4.79 Å². The van der Waals surface area contributed by atoms with Crippen molar-refractivity contribution >= 4 is 23.7 Å². The van der Waals surface area contributed by atoms with E-state index >= 15 is 0 Å². The van der Waals surface area contributed by atoms with Crippen LogP contribution in [0, 0.1) is 0 Å². The van der Waals surface area contributed by atoms with E-state index < -0.39 is 5.97 Å². The summed E-state index contributed by atoms with van der Waals surface area (Å²) in [6.07, 6.45) is 0. The van der Waals surface area contributed by atoms with Crippen LogP contribution < -0.4 is 10.2 Å². The minimum absolute atomic E-state index is 0.214. The van der Waals surface area contributed by atoms with Crippen LogP contribution in [0.1, 0.15) is 17.3 Å². The first-order valence-electron chi connectivity index (χ1n) is 6.80. The van der Waals surface area contributed by atoms with Crippen LogP contribution in [0.3, 0.4) is 0 Å². The molecule has 0 radical (unpaired) electrons. The third-order valence-corrected chi connectivity index (χ3v) is 3.47. The van der Waals surface area contributed by atoms with E-state index in [0.717, 1.165) is 6.54 Å². The molecular formula is C14H22N2O4S. The molecule has 0 unspecified atom stereocenters. The summed E-state index contributed by atoms with van der Waals surface area (Å²) >= 11 is 0.549. The molecule has 2 rings (SSSR count). The molecule has 1 aliphatic heterocycles. The van der Waals surface area contributed by atoms with Crippen LogP contribution in [0.5, 0.6) is 0 Å². The monoisotopic (exact) mass is 314 g/mol. The highest BCUT2D eigenvalue weighted by Gasteiger charge is 2.18. The van der Waals surface area contributed by atoms with Gasteiger partial charge in [0.2, 0.25) is 0 Å². The summed E-state index contributed by atoms with van der Waals surface area (Å²) in [5.74, 6) is -0.984. The molecule has 0 aromatic heterocycles. The fraction of sp³-hybridized carbons (Fsp3) is 0.500. The van der Waals surface area contributed by atoms with Gasteiger partial charge in [0, 0.05) is 30.0 Å². The molecule has 1 aliphatic rings. The number of morpholine rings is 1. The highest BCUT2D eigenvalue weighted by atomic mass is 32.2. The molecule has 0 amide bonds. The Morgan fingerprint density at radius 2 is 2.05 bits per heavy atom. The minimum Gasteiger partial charge on any atom is -0.478 e. The van der Waals surface area contributed by atoms with Crippen molar-refractivity contribution < 1.29 is 19.2 Å². The lowest BCUT2D eigenvalue weighted by Crippen LogP contribution is -2.37. The van der Waals surface area contributed by atoms with E-state index in [0.29, 0.717) is 48.9 Å². The standard InChI is InChI=1S/C11H13NO4S.C3H9N/c13-11(14)9-7-8(17-15)1-2-10(9)12-3-5-16-6-4-12;1-3-4-2/h1-2,7,15H,3-6H2,(H,13,14);4H,3H2,1-2H3. The summed E-state index contributed by atoms with van der Waals surface area (Å²) in [6.45, 7) is 5.73. The van der Waals surface area contributed by atoms with E-state index in [1.54, 1.807) is 12.1 Å². The zero-order chi connectivity index (χ0) is 15.7. The maximum absolute atomic E-state index is 11.2. The number of hydrogen-bond acceptors (Lipinski definition) is 6. The Morgan fingerprint density at radius 3 is 2.52 bits per heavy atom. The van der Waals surface area contributed by atoms with Crippen LogP contribution >= 0.6 is 12.0 Å². The van der Waals surface area contributed by atoms with Crippen LogP contribution in [-0.4, -0.2) is 55.5 Å². The van der Waals surface area contributed by atoms with Crippen LogP contribution in [0.4, 0.5) is 5.69 Å². The highest BCUT2D eigenvalue weighted by Crippen LogP contribution is 2.26. The van der Waals surface area contributed by atoms with Crippen molar-refractivity contribution in [3.8, 4) is 0 Å². The van der Waals surface area contributed by atoms with Crippen molar-refractivity contribution in [3.05, 3.63) is 23.8 Å². The number of carboxylic acids is 1. The van der Waals surface area contributed by atoms with Gasteiger partial charge in [-0.05, 0) is 31.8 Å². The molecule has 1 heterocycles. The molecule has 6 nitrogen and oxygen atoms in total. The largest absolute Gasteiger partial charge is 0.478 e. The molecule has 1 aromatic rings. The molecule has 0 atom stereocenters. The second kappa shape index (κ2) is 9.62. The first kappa shape index (κ1) is 17.8. The summed E-state index contributed by atoms with van der Waals surface area (Å²) in [5.41, 5.74) is 0.893. The van der Waals surface area contributed by atoms with Crippen LogP contribution in [0.15, 0.2) is 23.1 Å². The Bertz CT molecular complexity index is 449. The van der Waals surface area contributed by atoms with Crippen molar-refractivity contribution in [3.63, 3.8) is 0 Å². The summed E-state index contributed by atoms with van der Waals surface area (Å²) < 4.78 is 14.2. The molecular weight excluding hydrogens is 292 g/mol. The van der Waals surface area contributed by atoms with Gasteiger partial charge in [-0.2, -0.15) is 0 Å². The Labute approximate surface area is 129 Å². The SMILES string of the molecule is CCNC.O=C(O)c1cc(SO)ccc1N1CCOCC1. The minimum atomic E-state index is -0.984. The third-order valence-electron chi connectivity index (χ3n) is 3.01. The van der Waals surface area contributed by atoms with Gasteiger partial charge in [-0.3, -0.25) is 0 Å². The fourth-order valence-electron chi connectivity index (χ4n) is 1.82. The van der Waals surface area contributed by atoms with Gasteiger partial charge in [0.1, 0.15) is 0 Å². The highest BCUT2D eigenvalue weighted by molar-refractivity contribution is 7.93. The van der Waals surface area contributed by atoms with Crippen molar-refractivity contribution in [2.24, 2.45) is 0 Å². The summed E-state index contributed by atoms with van der Waals surface area (Å²) in [7, 11) is 1.93. The Balaban J connectivity index is 0.000000491. The van der Waals surface area contributed by atoms with E-state index in [1.165, 1.54) is 6.07 Å². The quantitative estimate of drug-likeness (QED) is 0.733. The number of rotatable bonds is 4. The number of nitrogens with zero attached hydrogens (tertiary/aromatic N) is 1. The summed E-state index contributed by atoms with van der Waals surface area (Å²) in [4.78, 5) is 13.7. The molecule has 21 heavy (non-hydrogen) atoms. The molecule has 0 saturated carbocycles. The van der Waals surface area contributed by atoms with Gasteiger partial charge in [0.25, 0.3) is 0 Å². The first-order valence-corrected chi connectivity index (χ1v) is 7.57. The van der Waals surface area contributed by atoms with E-state index in [4.69, 9.17) is 14.4 Å². The number of hydrogen-bond donors (Lipinski definition) is 3. The molecule has 0 bridgehead atoms. The van der Waals surface area contributed by atoms with Crippen LogP contribution in [0.25, 0.3) is 0 Å². The van der Waals surface area contributed by atoms with Gasteiger partial charge in [0.15, 0.2) is 0 Å². The molecule has 1 fully saturated rings. The van der Waals surface area contributed by atoms with Gasteiger partial charge in [-0.15, -0.1) is 0 Å². The predicted octanol–water partition coefficient (Wildman–Crippen LogP) is 2.01. The summed E-state index contributed by atoms with van der Waals surface area (Å²) in [6, 6.07) is 4.92. The predicted molar refractivity (Wildman–Crippen MR) is 84.5 cm³/mol. The van der Waals surface area contributed by atoms with E-state index in [2.05, 4.69) is 12.2 Å². The van der Waals surface area contributed by atoms with Crippen molar-refractivity contribution in [1.29, 1.82) is 0 Å². The number of carboxylic acid groups (broad SMARTS) is 1. The number of aromatic carboxylic acids is 1. The van der Waals surface area contributed by atoms with Crippen LogP contribution in [-0.2, 0) is 4.74 Å². The maximum atomic E-state index is 11.2. The van der Waals surface area contributed by atoms with E-state index in [1.807, 2.05) is 11.9 Å². The van der Waals surface area contributed by atoms with Gasteiger partial charge in [-0.1, -0.05) is 6.92 Å². The number of nitrogens with one attached hydrogen (secondary N) is 1. The molecule has 0 spiro atoms. The second-order valence-corrected chi connectivity index (χ2v) is 5.04. The zero-order valence-electron chi connectivity index (χ0n) is 12.3. The molecule has 1 saturated heterocycles. The first-order chi connectivity index (χ1) is 10.1. The second-order valence-electron chi connectivity index (χ2n) is 4.38. The molecule has 3 N–H and O–H groups in total. The number of anilines is 1. The van der Waals surface area contributed by atoms with E-state index in [9.17, 15) is 4.79 Å². The summed E-state index contributed by atoms with van der Waals surface area (Å²) in [5, 5.41) is 12.1. The average Bonchev–Trinajstić information content (AvgIpc) is 2.55. The smallest absolute Gasteiger partial charge is 0.337 e. The maximum Gasteiger partial charge on any atom is 0.337 e. The van der Waals surface area contributed by atoms with E-state index in [-0.39, 0.29) is 5.56 Å². The Kier molecular flexibility index (Phi) is 8.14. The molecule has 0 aliphatic carbocycles. The third kappa shape index (κ3) is 5.55. The number of ether oxygens (including phenoxy) is 1. The van der Waals surface area contributed by atoms with Crippen molar-refractivity contribution in [1.82, 2.24) is 5.32 Å². The van der Waals surface area contributed by atoms with Gasteiger partial charge < -0.3 is 24.6 Å². The van der Waals surface area contributed by atoms with Crippen molar-refractivity contribution in [2.75, 3.05) is 44.8 Å². The topological polar surface area (TPSA) is 82.0 Å². The van der Waals surface area contributed by atoms with Gasteiger partial charge >= 0.3 is 5.97 Å². The lowest BCUT2D eigenvalue weighted by molar-refractivity contribution is 0.0696. The molecule has 1 aromatic carbocycles. The van der Waals surface area contributed by atoms with Crippen LogP contribution in [0.2, 0.25) is 0 Å². The average molecular weight is 314 g/mol. The number of benzene rings is 1. The molecule has 7 heteroatoms. The lowest BCUT2D eigenvalue weighted by atomic mass is 10.1. The number of carbonyl (C=O) groups is 1. The van der Waals surface area contributed by atoms with Crippen molar-refractivity contribution in [2.45, 2.75) is 11.8 Å². The Morgan fingerprint density at radius 1 is 1.43 bits per heavy atom. The van der Waals surface area contributed by atoms with Gasteiger partial charge in [0.05, 0.1) is 24.5 Å². The fourth-order valence-corrected chi connectivity index (χ4v) is 2.12. The normalized spacial score (nSPS) is 14.3. The lowest BCUT2D eigenvalue weighted by Gasteiger charge is -2.30. The zero-order valence-corrected chi connectivity index (χ0v) is 13.2. The molecule has 118 valence electrons. The Hall–Kier alpha value is -1.28.